The van der Waals surface area contributed by atoms with Gasteiger partial charge in [0.25, 0.3) is 0 Å². The Kier molecular flexibility index (Phi) is 8.86. The van der Waals surface area contributed by atoms with Gasteiger partial charge < -0.3 is 14.4 Å². The molecule has 0 spiro atoms. The van der Waals surface area contributed by atoms with Crippen LogP contribution in [0.5, 0.6) is 0 Å². The Hall–Kier alpha value is -7.62. The minimum absolute atomic E-state index is 1.09. The summed E-state index contributed by atoms with van der Waals surface area (Å²) >= 11 is 0. The number of nitrogens with zero attached hydrogens (tertiary/aromatic N) is 3. The van der Waals surface area contributed by atoms with Crippen molar-refractivity contribution in [2.75, 3.05) is 9.80 Å². The lowest BCUT2D eigenvalue weighted by Gasteiger charge is -2.26. The Balaban J connectivity index is 1.07. The van der Waals surface area contributed by atoms with Crippen molar-refractivity contribution in [3.8, 4) is 27.9 Å². The van der Waals surface area contributed by atoms with Crippen LogP contribution in [0.25, 0.3) is 49.7 Å². The van der Waals surface area contributed by atoms with E-state index in [1.165, 1.54) is 38.5 Å². The van der Waals surface area contributed by atoms with Gasteiger partial charge in [-0.15, -0.1) is 0 Å². The zero-order chi connectivity index (χ0) is 38.0. The summed E-state index contributed by atoms with van der Waals surface area (Å²) in [6.45, 7) is 0. The maximum absolute atomic E-state index is 2.40. The molecule has 0 saturated heterocycles. The van der Waals surface area contributed by atoms with Gasteiger partial charge in [-0.1, -0.05) is 146 Å². The molecule has 0 fully saturated rings. The van der Waals surface area contributed by atoms with Gasteiger partial charge in [0, 0.05) is 50.6 Å². The van der Waals surface area contributed by atoms with Gasteiger partial charge in [0.2, 0.25) is 0 Å². The number of anilines is 6. The molecule has 10 aromatic rings. The highest BCUT2D eigenvalue weighted by molar-refractivity contribution is 6.10. The van der Waals surface area contributed by atoms with Crippen LogP contribution in [0.3, 0.4) is 0 Å². The Bertz CT molecular complexity index is 2900. The lowest BCUT2D eigenvalue weighted by molar-refractivity contribution is 1.17. The molecule has 0 radical (unpaired) electrons. The summed E-state index contributed by atoms with van der Waals surface area (Å²) in [6.07, 6.45) is 0. The van der Waals surface area contributed by atoms with Crippen LogP contribution in [-0.2, 0) is 0 Å². The fourth-order valence-corrected chi connectivity index (χ4v) is 8.04. The van der Waals surface area contributed by atoms with Gasteiger partial charge in [-0.25, -0.2) is 0 Å². The third-order valence-electron chi connectivity index (χ3n) is 10.8. The Morgan fingerprint density at radius 2 is 0.596 bits per heavy atom. The van der Waals surface area contributed by atoms with Crippen LogP contribution in [0.15, 0.2) is 237 Å². The van der Waals surface area contributed by atoms with E-state index in [2.05, 4.69) is 251 Å². The molecular formula is C54H39N3. The molecule has 0 aliphatic carbocycles. The van der Waals surface area contributed by atoms with Crippen LogP contribution in [0.1, 0.15) is 0 Å². The van der Waals surface area contributed by atoms with E-state index in [-0.39, 0.29) is 0 Å². The van der Waals surface area contributed by atoms with Crippen molar-refractivity contribution in [2.24, 2.45) is 0 Å². The average molecular weight is 730 g/mol. The van der Waals surface area contributed by atoms with E-state index in [9.17, 15) is 0 Å². The van der Waals surface area contributed by atoms with Gasteiger partial charge in [-0.05, 0) is 113 Å². The third-order valence-corrected chi connectivity index (χ3v) is 10.8. The molecular weight excluding hydrogens is 691 g/mol. The van der Waals surface area contributed by atoms with Gasteiger partial charge in [-0.3, -0.25) is 0 Å². The van der Waals surface area contributed by atoms with Gasteiger partial charge >= 0.3 is 0 Å². The smallest absolute Gasteiger partial charge is 0.0561 e. The highest BCUT2D eigenvalue weighted by atomic mass is 15.1. The minimum Gasteiger partial charge on any atom is -0.311 e. The zero-order valence-electron chi connectivity index (χ0n) is 31.4. The van der Waals surface area contributed by atoms with Crippen LogP contribution >= 0.6 is 0 Å². The first-order valence-electron chi connectivity index (χ1n) is 19.4. The minimum atomic E-state index is 1.09. The van der Waals surface area contributed by atoms with Crippen LogP contribution in [0.2, 0.25) is 0 Å². The molecule has 10 rings (SSSR count). The number of para-hydroxylation sites is 3. The predicted molar refractivity (Wildman–Crippen MR) is 241 cm³/mol. The number of hydrogen-bond donors (Lipinski definition) is 0. The molecule has 0 atom stereocenters. The van der Waals surface area contributed by atoms with E-state index in [4.69, 9.17) is 0 Å². The summed E-state index contributed by atoms with van der Waals surface area (Å²) in [4.78, 5) is 4.67. The highest BCUT2D eigenvalue weighted by Gasteiger charge is 2.19. The number of aromatic nitrogens is 1. The molecule has 3 heteroatoms. The summed E-state index contributed by atoms with van der Waals surface area (Å²) in [5.41, 5.74) is 14.8. The lowest BCUT2D eigenvalue weighted by Crippen LogP contribution is -2.10. The van der Waals surface area contributed by atoms with Crippen LogP contribution in [-0.4, -0.2) is 4.57 Å². The summed E-state index contributed by atoms with van der Waals surface area (Å²) in [6, 6.07) is 84.6. The molecule has 0 aliphatic rings. The van der Waals surface area contributed by atoms with E-state index in [1.807, 2.05) is 0 Å². The van der Waals surface area contributed by atoms with Gasteiger partial charge in [0.15, 0.2) is 0 Å². The normalized spacial score (nSPS) is 11.2. The van der Waals surface area contributed by atoms with Gasteiger partial charge in [0.1, 0.15) is 0 Å². The van der Waals surface area contributed by atoms with Crippen molar-refractivity contribution in [1.29, 1.82) is 0 Å². The van der Waals surface area contributed by atoms with Crippen molar-refractivity contribution in [3.05, 3.63) is 237 Å². The third kappa shape index (κ3) is 6.52. The molecule has 0 N–H and O–H groups in total. The Morgan fingerprint density at radius 1 is 0.246 bits per heavy atom. The van der Waals surface area contributed by atoms with Crippen molar-refractivity contribution >= 4 is 55.9 Å². The summed E-state index contributed by atoms with van der Waals surface area (Å²) in [7, 11) is 0. The lowest BCUT2D eigenvalue weighted by atomic mass is 10.0. The number of fused-ring (bicyclic) bond motifs is 3. The first-order valence-corrected chi connectivity index (χ1v) is 19.4. The quantitative estimate of drug-likeness (QED) is 0.147. The van der Waals surface area contributed by atoms with E-state index < -0.39 is 0 Å². The molecule has 0 saturated carbocycles. The van der Waals surface area contributed by atoms with E-state index in [0.717, 1.165) is 45.3 Å². The molecule has 3 nitrogen and oxygen atoms in total. The Morgan fingerprint density at radius 3 is 1.11 bits per heavy atom. The predicted octanol–water partition coefficient (Wildman–Crippen LogP) is 15.1. The molecule has 9 aromatic carbocycles. The van der Waals surface area contributed by atoms with Gasteiger partial charge in [0.05, 0.1) is 11.0 Å². The second kappa shape index (κ2) is 14.9. The standard InChI is InChI=1S/C54H39N3/c1-5-15-40(16-6-1)42-25-29-46(30-26-42)55(44-19-9-3-10-20-44)48-33-35-49(36-34-48)57-53-24-14-13-23-51(53)52-38-37-50(39-54(52)57)56(45-21-11-4-12-22-45)47-31-27-43(28-32-47)41-17-7-2-8-18-41/h1-39H. The fraction of sp³-hybridized carbons (Fsp3) is 0. The summed E-state index contributed by atoms with van der Waals surface area (Å²) in [5, 5.41) is 2.45. The number of hydrogen-bond acceptors (Lipinski definition) is 2. The SMILES string of the molecule is c1ccc(-c2ccc(N(c3ccccc3)c3ccc(-n4c5ccccc5c5ccc(N(c6ccccc6)c6ccc(-c7ccccc7)cc6)cc54)cc3)cc2)cc1. The van der Waals surface area contributed by atoms with E-state index in [1.54, 1.807) is 0 Å². The largest absolute Gasteiger partial charge is 0.311 e. The molecule has 57 heavy (non-hydrogen) atoms. The second-order valence-electron chi connectivity index (χ2n) is 14.2. The molecule has 1 aromatic heterocycles. The first-order chi connectivity index (χ1) is 28.3. The highest BCUT2D eigenvalue weighted by Crippen LogP contribution is 2.41. The van der Waals surface area contributed by atoms with Crippen molar-refractivity contribution < 1.29 is 0 Å². The summed E-state index contributed by atoms with van der Waals surface area (Å²) in [5.74, 6) is 0. The van der Waals surface area contributed by atoms with Crippen molar-refractivity contribution in [1.82, 2.24) is 4.57 Å². The molecule has 270 valence electrons. The van der Waals surface area contributed by atoms with Crippen molar-refractivity contribution in [3.63, 3.8) is 0 Å². The molecule has 0 amide bonds. The van der Waals surface area contributed by atoms with E-state index in [0.29, 0.717) is 0 Å². The number of rotatable bonds is 9. The fourth-order valence-electron chi connectivity index (χ4n) is 8.04. The average Bonchev–Trinajstić information content (AvgIpc) is 3.62. The molecule has 1 heterocycles. The molecule has 0 bridgehead atoms. The van der Waals surface area contributed by atoms with Crippen molar-refractivity contribution in [2.45, 2.75) is 0 Å². The molecule has 0 aliphatic heterocycles. The van der Waals surface area contributed by atoms with Crippen LogP contribution < -0.4 is 9.80 Å². The second-order valence-corrected chi connectivity index (χ2v) is 14.2. The number of benzene rings is 9. The topological polar surface area (TPSA) is 11.4 Å². The maximum Gasteiger partial charge on any atom is 0.0561 e. The summed E-state index contributed by atoms with van der Waals surface area (Å²) < 4.78 is 2.40. The first kappa shape index (κ1) is 33.9. The van der Waals surface area contributed by atoms with Crippen LogP contribution in [0, 0.1) is 0 Å². The van der Waals surface area contributed by atoms with E-state index >= 15 is 0 Å². The monoisotopic (exact) mass is 729 g/mol. The van der Waals surface area contributed by atoms with Crippen LogP contribution in [0.4, 0.5) is 34.1 Å². The maximum atomic E-state index is 2.40. The van der Waals surface area contributed by atoms with Gasteiger partial charge in [-0.2, -0.15) is 0 Å². The molecule has 0 unspecified atom stereocenters. The zero-order valence-corrected chi connectivity index (χ0v) is 31.4. The Labute approximate surface area is 333 Å².